The SMILES string of the molecule is CCCCCCCCCCCCCCCCCC(=O)N(CCO)CCN(CCC(=O)O)CCC(=O)O. The van der Waals surface area contributed by atoms with Gasteiger partial charge in [-0.25, -0.2) is 0 Å². The fourth-order valence-electron chi connectivity index (χ4n) is 4.39. The van der Waals surface area contributed by atoms with E-state index in [1.165, 1.54) is 77.0 Å². The number of hydrogen-bond donors (Lipinski definition) is 3. The largest absolute Gasteiger partial charge is 0.481 e. The molecule has 1 amide bonds. The van der Waals surface area contributed by atoms with Crippen molar-refractivity contribution < 1.29 is 29.7 Å². The molecule has 0 saturated carbocycles. The number of carbonyl (C=O) groups is 3. The molecule has 0 rings (SSSR count). The van der Waals surface area contributed by atoms with Gasteiger partial charge in [-0.1, -0.05) is 96.8 Å². The molecular formula is C28H54N2O6. The second kappa shape index (κ2) is 25.0. The normalized spacial score (nSPS) is 11.2. The highest BCUT2D eigenvalue weighted by Crippen LogP contribution is 2.14. The van der Waals surface area contributed by atoms with Crippen LogP contribution in [0.5, 0.6) is 0 Å². The lowest BCUT2D eigenvalue weighted by molar-refractivity contribution is -0.138. The summed E-state index contributed by atoms with van der Waals surface area (Å²) in [4.78, 5) is 37.7. The second-order valence-electron chi connectivity index (χ2n) is 9.93. The van der Waals surface area contributed by atoms with Crippen molar-refractivity contribution in [2.45, 2.75) is 122 Å². The van der Waals surface area contributed by atoms with Crippen molar-refractivity contribution in [3.63, 3.8) is 0 Å². The number of rotatable bonds is 27. The summed E-state index contributed by atoms with van der Waals surface area (Å²) in [6.45, 7) is 3.60. The van der Waals surface area contributed by atoms with E-state index in [-0.39, 0.29) is 45.0 Å². The zero-order chi connectivity index (χ0) is 26.9. The molecule has 0 heterocycles. The molecule has 0 atom stereocenters. The van der Waals surface area contributed by atoms with Crippen molar-refractivity contribution in [2.24, 2.45) is 0 Å². The molecule has 0 aromatic carbocycles. The third kappa shape index (κ3) is 22.8. The predicted molar refractivity (Wildman–Crippen MR) is 144 cm³/mol. The number of carboxylic acids is 2. The average molecular weight is 515 g/mol. The zero-order valence-electron chi connectivity index (χ0n) is 22.9. The fraction of sp³-hybridized carbons (Fsp3) is 0.893. The third-order valence-electron chi connectivity index (χ3n) is 6.69. The van der Waals surface area contributed by atoms with Crippen LogP contribution in [-0.4, -0.2) is 82.3 Å². The van der Waals surface area contributed by atoms with Crippen LogP contribution < -0.4 is 0 Å². The van der Waals surface area contributed by atoms with Gasteiger partial charge in [-0.05, 0) is 6.42 Å². The smallest absolute Gasteiger partial charge is 0.304 e. The maximum Gasteiger partial charge on any atom is 0.304 e. The van der Waals surface area contributed by atoms with Crippen LogP contribution in [0.2, 0.25) is 0 Å². The molecular weight excluding hydrogens is 460 g/mol. The van der Waals surface area contributed by atoms with Gasteiger partial charge in [-0.2, -0.15) is 0 Å². The molecule has 0 aliphatic carbocycles. The summed E-state index contributed by atoms with van der Waals surface area (Å²) >= 11 is 0. The number of nitrogens with zero attached hydrogens (tertiary/aromatic N) is 2. The van der Waals surface area contributed by atoms with E-state index >= 15 is 0 Å². The van der Waals surface area contributed by atoms with Crippen molar-refractivity contribution in [1.29, 1.82) is 0 Å². The highest BCUT2D eigenvalue weighted by atomic mass is 16.4. The molecule has 0 spiro atoms. The average Bonchev–Trinajstić information content (AvgIpc) is 2.84. The lowest BCUT2D eigenvalue weighted by Gasteiger charge is -2.27. The summed E-state index contributed by atoms with van der Waals surface area (Å²) in [5, 5.41) is 27.2. The Bertz CT molecular complexity index is 540. The Balaban J connectivity index is 3.94. The van der Waals surface area contributed by atoms with Gasteiger partial charge in [0.1, 0.15) is 0 Å². The van der Waals surface area contributed by atoms with E-state index < -0.39 is 11.9 Å². The Labute approximate surface area is 219 Å². The van der Waals surface area contributed by atoms with Crippen LogP contribution in [0.1, 0.15) is 122 Å². The van der Waals surface area contributed by atoms with Gasteiger partial charge < -0.3 is 25.1 Å². The van der Waals surface area contributed by atoms with Gasteiger partial charge in [0.2, 0.25) is 5.91 Å². The topological polar surface area (TPSA) is 118 Å². The molecule has 0 radical (unpaired) electrons. The van der Waals surface area contributed by atoms with E-state index in [1.54, 1.807) is 9.80 Å². The molecule has 0 aliphatic rings. The Kier molecular flexibility index (Phi) is 23.8. The summed E-state index contributed by atoms with van der Waals surface area (Å²) in [5.74, 6) is -1.88. The Morgan fingerprint density at radius 3 is 1.33 bits per heavy atom. The standard InChI is InChI=1S/C28H54N2O6/c1-2-3-4-5-6-7-8-9-10-11-12-13-14-15-16-17-26(32)30(24-25-31)23-22-29(20-18-27(33)34)21-19-28(35)36/h31H,2-25H2,1H3,(H,33,34)(H,35,36). The molecule has 8 heteroatoms. The van der Waals surface area contributed by atoms with Crippen LogP contribution in [0.15, 0.2) is 0 Å². The zero-order valence-corrected chi connectivity index (χ0v) is 22.9. The van der Waals surface area contributed by atoms with Crippen LogP contribution >= 0.6 is 0 Å². The maximum absolute atomic E-state index is 12.6. The van der Waals surface area contributed by atoms with Crippen molar-refractivity contribution in [1.82, 2.24) is 9.80 Å². The molecule has 36 heavy (non-hydrogen) atoms. The minimum absolute atomic E-state index is 0.00448. The number of aliphatic hydroxyl groups is 1. The van der Waals surface area contributed by atoms with Gasteiger partial charge in [0.15, 0.2) is 0 Å². The number of aliphatic carboxylic acids is 2. The van der Waals surface area contributed by atoms with E-state index in [0.29, 0.717) is 19.5 Å². The van der Waals surface area contributed by atoms with Crippen LogP contribution in [0, 0.1) is 0 Å². The molecule has 0 aliphatic heterocycles. The van der Waals surface area contributed by atoms with E-state index in [2.05, 4.69) is 6.92 Å². The number of unbranched alkanes of at least 4 members (excludes halogenated alkanes) is 14. The Morgan fingerprint density at radius 1 is 0.528 bits per heavy atom. The minimum Gasteiger partial charge on any atom is -0.481 e. The predicted octanol–water partition coefficient (Wildman–Crippen LogP) is 5.32. The molecule has 3 N–H and O–H groups in total. The minimum atomic E-state index is -0.938. The molecule has 212 valence electrons. The summed E-state index contributed by atoms with van der Waals surface area (Å²) < 4.78 is 0. The number of hydrogen-bond acceptors (Lipinski definition) is 5. The van der Waals surface area contributed by atoms with Gasteiger partial charge in [-0.3, -0.25) is 14.4 Å². The molecule has 8 nitrogen and oxygen atoms in total. The maximum atomic E-state index is 12.6. The van der Waals surface area contributed by atoms with Crippen LogP contribution in [0.25, 0.3) is 0 Å². The number of aliphatic hydroxyl groups excluding tert-OH is 1. The van der Waals surface area contributed by atoms with Gasteiger partial charge >= 0.3 is 11.9 Å². The monoisotopic (exact) mass is 514 g/mol. The van der Waals surface area contributed by atoms with Crippen molar-refractivity contribution in [3.8, 4) is 0 Å². The first-order chi connectivity index (χ1) is 17.4. The molecule has 0 aromatic rings. The summed E-state index contributed by atoms with van der Waals surface area (Å²) in [6, 6.07) is 0. The van der Waals surface area contributed by atoms with Crippen LogP contribution in [-0.2, 0) is 14.4 Å². The van der Waals surface area contributed by atoms with Crippen LogP contribution in [0.4, 0.5) is 0 Å². The molecule has 0 fully saturated rings. The van der Waals surface area contributed by atoms with Crippen molar-refractivity contribution in [2.75, 3.05) is 39.3 Å². The summed E-state index contributed by atoms with van der Waals surface area (Å²) in [7, 11) is 0. The third-order valence-corrected chi connectivity index (χ3v) is 6.69. The Hall–Kier alpha value is -1.67. The summed E-state index contributed by atoms with van der Waals surface area (Å²) in [6.07, 6.45) is 19.4. The first-order valence-electron chi connectivity index (χ1n) is 14.4. The molecule has 0 aromatic heterocycles. The number of carboxylic acid groups (broad SMARTS) is 2. The van der Waals surface area contributed by atoms with E-state index in [0.717, 1.165) is 19.3 Å². The van der Waals surface area contributed by atoms with Crippen molar-refractivity contribution in [3.05, 3.63) is 0 Å². The first-order valence-corrected chi connectivity index (χ1v) is 14.4. The van der Waals surface area contributed by atoms with Gasteiger partial charge in [0, 0.05) is 39.1 Å². The highest BCUT2D eigenvalue weighted by molar-refractivity contribution is 5.76. The van der Waals surface area contributed by atoms with Gasteiger partial charge in [0.05, 0.1) is 19.4 Å². The number of carbonyl (C=O) groups excluding carboxylic acids is 1. The number of amides is 1. The van der Waals surface area contributed by atoms with Crippen molar-refractivity contribution >= 4 is 17.8 Å². The Morgan fingerprint density at radius 2 is 0.944 bits per heavy atom. The quantitative estimate of drug-likeness (QED) is 0.127. The van der Waals surface area contributed by atoms with Gasteiger partial charge in [0.25, 0.3) is 0 Å². The lowest BCUT2D eigenvalue weighted by Crippen LogP contribution is -2.41. The fourth-order valence-corrected chi connectivity index (χ4v) is 4.39. The van der Waals surface area contributed by atoms with E-state index in [4.69, 9.17) is 10.2 Å². The second-order valence-corrected chi connectivity index (χ2v) is 9.93. The first kappa shape index (κ1) is 34.3. The van der Waals surface area contributed by atoms with E-state index in [1.807, 2.05) is 0 Å². The van der Waals surface area contributed by atoms with Gasteiger partial charge in [-0.15, -0.1) is 0 Å². The van der Waals surface area contributed by atoms with Crippen LogP contribution in [0.3, 0.4) is 0 Å². The highest BCUT2D eigenvalue weighted by Gasteiger charge is 2.16. The molecule has 0 unspecified atom stereocenters. The molecule has 0 saturated heterocycles. The summed E-state index contributed by atoms with van der Waals surface area (Å²) in [5.41, 5.74) is 0. The van der Waals surface area contributed by atoms with E-state index in [9.17, 15) is 19.5 Å². The lowest BCUT2D eigenvalue weighted by atomic mass is 10.0. The molecule has 0 bridgehead atoms.